The average Bonchev–Trinajstić information content (AvgIpc) is 2.39. The van der Waals surface area contributed by atoms with E-state index in [0.717, 1.165) is 18.4 Å². The minimum absolute atomic E-state index is 0.0618. The van der Waals surface area contributed by atoms with E-state index in [-0.39, 0.29) is 11.9 Å². The minimum Gasteiger partial charge on any atom is -0.383 e. The van der Waals surface area contributed by atoms with Gasteiger partial charge in [-0.15, -0.1) is 0 Å². The molecule has 1 unspecified atom stereocenters. The van der Waals surface area contributed by atoms with Crippen molar-refractivity contribution >= 4 is 5.91 Å². The molecule has 0 radical (unpaired) electrons. The van der Waals surface area contributed by atoms with Gasteiger partial charge in [0, 0.05) is 13.2 Å². The first-order chi connectivity index (χ1) is 9.15. The van der Waals surface area contributed by atoms with Crippen LogP contribution in [0.25, 0.3) is 0 Å². The molecule has 1 rings (SSSR count). The SMILES string of the molecule is CCC1CCC(CNCC(=O)NC(C)COC)CC1. The highest BCUT2D eigenvalue weighted by molar-refractivity contribution is 5.78. The highest BCUT2D eigenvalue weighted by Crippen LogP contribution is 2.29. The van der Waals surface area contributed by atoms with Gasteiger partial charge in [0.15, 0.2) is 0 Å². The zero-order valence-electron chi connectivity index (χ0n) is 12.7. The Hall–Kier alpha value is -0.610. The molecule has 0 heterocycles. The number of rotatable bonds is 8. The number of nitrogens with one attached hydrogen (secondary N) is 2. The molecular weight excluding hydrogens is 240 g/mol. The van der Waals surface area contributed by atoms with Crippen molar-refractivity contribution in [2.75, 3.05) is 26.8 Å². The first kappa shape index (κ1) is 16.4. The van der Waals surface area contributed by atoms with Crippen LogP contribution in [0.3, 0.4) is 0 Å². The molecule has 0 aliphatic heterocycles. The summed E-state index contributed by atoms with van der Waals surface area (Å²) >= 11 is 0. The number of carbonyl (C=O) groups excluding carboxylic acids is 1. The van der Waals surface area contributed by atoms with E-state index in [1.54, 1.807) is 7.11 Å². The fraction of sp³-hybridized carbons (Fsp3) is 0.933. The van der Waals surface area contributed by atoms with E-state index < -0.39 is 0 Å². The Labute approximate surface area is 117 Å². The molecule has 0 bridgehead atoms. The summed E-state index contributed by atoms with van der Waals surface area (Å²) in [5, 5.41) is 6.19. The van der Waals surface area contributed by atoms with Crippen molar-refractivity contribution in [1.82, 2.24) is 10.6 Å². The van der Waals surface area contributed by atoms with Gasteiger partial charge in [-0.3, -0.25) is 4.79 Å². The van der Waals surface area contributed by atoms with Gasteiger partial charge in [-0.2, -0.15) is 0 Å². The van der Waals surface area contributed by atoms with Gasteiger partial charge in [-0.05, 0) is 38.1 Å². The van der Waals surface area contributed by atoms with Gasteiger partial charge in [-0.1, -0.05) is 26.2 Å². The van der Waals surface area contributed by atoms with Crippen LogP contribution in [-0.4, -0.2) is 38.8 Å². The maximum absolute atomic E-state index is 11.6. The third kappa shape index (κ3) is 6.92. The van der Waals surface area contributed by atoms with Crippen LogP contribution < -0.4 is 10.6 Å². The van der Waals surface area contributed by atoms with Crippen LogP contribution in [0.5, 0.6) is 0 Å². The van der Waals surface area contributed by atoms with Crippen LogP contribution in [0.1, 0.15) is 46.0 Å². The zero-order chi connectivity index (χ0) is 14.1. The molecule has 0 aromatic heterocycles. The van der Waals surface area contributed by atoms with E-state index in [1.807, 2.05) is 6.92 Å². The van der Waals surface area contributed by atoms with Crippen molar-refractivity contribution in [3.05, 3.63) is 0 Å². The predicted molar refractivity (Wildman–Crippen MR) is 78.1 cm³/mol. The second-order valence-electron chi connectivity index (χ2n) is 5.85. The summed E-state index contributed by atoms with van der Waals surface area (Å²) in [6.07, 6.45) is 6.67. The lowest BCUT2D eigenvalue weighted by atomic mass is 9.81. The van der Waals surface area contributed by atoms with Crippen LogP contribution in [0.15, 0.2) is 0 Å². The number of hydrogen-bond acceptors (Lipinski definition) is 3. The first-order valence-corrected chi connectivity index (χ1v) is 7.64. The molecule has 1 fully saturated rings. The van der Waals surface area contributed by atoms with E-state index in [1.165, 1.54) is 32.1 Å². The van der Waals surface area contributed by atoms with Gasteiger partial charge >= 0.3 is 0 Å². The molecule has 2 N–H and O–H groups in total. The van der Waals surface area contributed by atoms with Crippen molar-refractivity contribution in [3.63, 3.8) is 0 Å². The largest absolute Gasteiger partial charge is 0.383 e. The van der Waals surface area contributed by atoms with Crippen molar-refractivity contribution in [1.29, 1.82) is 0 Å². The molecular formula is C15H30N2O2. The van der Waals surface area contributed by atoms with Crippen LogP contribution in [-0.2, 0) is 9.53 Å². The number of hydrogen-bond donors (Lipinski definition) is 2. The van der Waals surface area contributed by atoms with Crippen LogP contribution in [0.2, 0.25) is 0 Å². The maximum atomic E-state index is 11.6. The topological polar surface area (TPSA) is 50.4 Å². The second-order valence-corrected chi connectivity index (χ2v) is 5.85. The fourth-order valence-electron chi connectivity index (χ4n) is 2.85. The average molecular weight is 270 g/mol. The van der Waals surface area contributed by atoms with Crippen LogP contribution >= 0.6 is 0 Å². The molecule has 0 aromatic rings. The molecule has 1 atom stereocenters. The van der Waals surface area contributed by atoms with E-state index in [2.05, 4.69) is 17.6 Å². The lowest BCUT2D eigenvalue weighted by Gasteiger charge is -2.27. The predicted octanol–water partition coefficient (Wildman–Crippen LogP) is 1.94. The number of methoxy groups -OCH3 is 1. The molecule has 0 saturated heterocycles. The summed E-state index contributed by atoms with van der Waals surface area (Å²) in [5.41, 5.74) is 0. The summed E-state index contributed by atoms with van der Waals surface area (Å²) in [4.78, 5) is 11.6. The van der Waals surface area contributed by atoms with Crippen LogP contribution in [0.4, 0.5) is 0 Å². The lowest BCUT2D eigenvalue weighted by Crippen LogP contribution is -2.42. The monoisotopic (exact) mass is 270 g/mol. The van der Waals surface area contributed by atoms with Gasteiger partial charge in [0.05, 0.1) is 13.2 Å². The van der Waals surface area contributed by atoms with Gasteiger partial charge < -0.3 is 15.4 Å². The number of amides is 1. The Morgan fingerprint density at radius 2 is 1.89 bits per heavy atom. The molecule has 1 amide bonds. The van der Waals surface area contributed by atoms with Crippen molar-refractivity contribution in [2.24, 2.45) is 11.8 Å². The van der Waals surface area contributed by atoms with Gasteiger partial charge in [-0.25, -0.2) is 0 Å². The second kappa shape index (κ2) is 9.32. The highest BCUT2D eigenvalue weighted by Gasteiger charge is 2.19. The van der Waals surface area contributed by atoms with Gasteiger partial charge in [0.2, 0.25) is 5.91 Å². The molecule has 4 nitrogen and oxygen atoms in total. The molecule has 112 valence electrons. The maximum Gasteiger partial charge on any atom is 0.234 e. The number of carbonyl (C=O) groups is 1. The third-order valence-electron chi connectivity index (χ3n) is 4.09. The zero-order valence-corrected chi connectivity index (χ0v) is 12.7. The van der Waals surface area contributed by atoms with Crippen molar-refractivity contribution < 1.29 is 9.53 Å². The summed E-state index contributed by atoms with van der Waals surface area (Å²) < 4.78 is 4.99. The van der Waals surface area contributed by atoms with E-state index in [0.29, 0.717) is 13.2 Å². The number of ether oxygens (including phenoxy) is 1. The Balaban J connectivity index is 2.05. The minimum atomic E-state index is 0.0618. The highest BCUT2D eigenvalue weighted by atomic mass is 16.5. The Kier molecular flexibility index (Phi) is 8.07. The molecule has 1 aliphatic carbocycles. The van der Waals surface area contributed by atoms with E-state index >= 15 is 0 Å². The normalized spacial score (nSPS) is 25.0. The Morgan fingerprint density at radius 1 is 1.26 bits per heavy atom. The summed E-state index contributed by atoms with van der Waals surface area (Å²) in [7, 11) is 1.65. The lowest BCUT2D eigenvalue weighted by molar-refractivity contribution is -0.121. The molecule has 4 heteroatoms. The van der Waals surface area contributed by atoms with Crippen molar-refractivity contribution in [2.45, 2.75) is 52.0 Å². The summed E-state index contributed by atoms with van der Waals surface area (Å²) in [6.45, 7) is 6.19. The molecule has 0 aromatic carbocycles. The van der Waals surface area contributed by atoms with Crippen LogP contribution in [0, 0.1) is 11.8 Å². The smallest absolute Gasteiger partial charge is 0.234 e. The Morgan fingerprint density at radius 3 is 2.47 bits per heavy atom. The summed E-state index contributed by atoms with van der Waals surface area (Å²) in [5.74, 6) is 1.76. The standard InChI is InChI=1S/C15H30N2O2/c1-4-13-5-7-14(8-6-13)9-16-10-15(18)17-12(2)11-19-3/h12-14,16H,4-11H2,1-3H3,(H,17,18). The quantitative estimate of drug-likeness (QED) is 0.709. The molecule has 1 saturated carbocycles. The first-order valence-electron chi connectivity index (χ1n) is 7.64. The molecule has 0 spiro atoms. The Bertz CT molecular complexity index is 251. The summed E-state index contributed by atoms with van der Waals surface area (Å²) in [6, 6.07) is 0.0827. The van der Waals surface area contributed by atoms with Gasteiger partial charge in [0.25, 0.3) is 0 Å². The molecule has 1 aliphatic rings. The van der Waals surface area contributed by atoms with E-state index in [9.17, 15) is 4.79 Å². The third-order valence-corrected chi connectivity index (χ3v) is 4.09. The van der Waals surface area contributed by atoms with Crippen molar-refractivity contribution in [3.8, 4) is 0 Å². The van der Waals surface area contributed by atoms with Gasteiger partial charge in [0.1, 0.15) is 0 Å². The fourth-order valence-corrected chi connectivity index (χ4v) is 2.85. The van der Waals surface area contributed by atoms with E-state index in [4.69, 9.17) is 4.74 Å². The molecule has 19 heavy (non-hydrogen) atoms.